The first-order chi connectivity index (χ1) is 13.1. The molecule has 1 amide bonds. The van der Waals surface area contributed by atoms with Crippen LogP contribution >= 0.6 is 11.6 Å². The molecule has 1 saturated heterocycles. The molecule has 0 spiro atoms. The van der Waals surface area contributed by atoms with Gasteiger partial charge in [0.05, 0.1) is 13.0 Å². The van der Waals surface area contributed by atoms with E-state index in [-0.39, 0.29) is 5.91 Å². The van der Waals surface area contributed by atoms with E-state index in [0.29, 0.717) is 30.4 Å². The molecule has 1 fully saturated rings. The van der Waals surface area contributed by atoms with Gasteiger partial charge in [-0.05, 0) is 54.3 Å². The van der Waals surface area contributed by atoms with Crippen LogP contribution in [0.25, 0.3) is 0 Å². The summed E-state index contributed by atoms with van der Waals surface area (Å²) in [5, 5.41) is 13.4. The number of likely N-dealkylation sites (tertiary alicyclic amines) is 1. The summed E-state index contributed by atoms with van der Waals surface area (Å²) in [5.41, 5.74) is 3.13. The highest BCUT2D eigenvalue weighted by Crippen LogP contribution is 2.28. The third-order valence-electron chi connectivity index (χ3n) is 5.15. The van der Waals surface area contributed by atoms with E-state index in [0.717, 1.165) is 36.5 Å². The Balaban J connectivity index is 1.22. The van der Waals surface area contributed by atoms with E-state index >= 15 is 0 Å². The molecule has 0 radical (unpaired) electrons. The zero-order valence-electron chi connectivity index (χ0n) is 15.0. The zero-order valence-corrected chi connectivity index (χ0v) is 15.8. The molecule has 2 heterocycles. The van der Waals surface area contributed by atoms with Gasteiger partial charge in [0.2, 0.25) is 5.91 Å². The molecule has 0 saturated carbocycles. The van der Waals surface area contributed by atoms with Gasteiger partial charge in [0, 0.05) is 29.7 Å². The van der Waals surface area contributed by atoms with E-state index in [1.54, 1.807) is 0 Å². The lowest BCUT2D eigenvalue weighted by atomic mass is 9.99. The maximum absolute atomic E-state index is 12.3. The third kappa shape index (κ3) is 4.37. The standard InChI is InChI=1S/C21H23ClN2O3/c22-17-4-1-14(2-5-17)9-21(26)24-11-15(12-24)13-27-18-6-7-19-16(10-18)3-8-20(25)23-19/h1-2,4-7,10,15,20,23,25H,3,8-9,11-13H2. The van der Waals surface area contributed by atoms with Gasteiger partial charge in [-0.2, -0.15) is 0 Å². The molecule has 2 N–H and O–H groups in total. The van der Waals surface area contributed by atoms with Gasteiger partial charge < -0.3 is 20.1 Å². The molecule has 6 heteroatoms. The second-order valence-corrected chi connectivity index (χ2v) is 7.73. The van der Waals surface area contributed by atoms with Gasteiger partial charge in [-0.3, -0.25) is 4.79 Å². The summed E-state index contributed by atoms with van der Waals surface area (Å²) in [6, 6.07) is 13.3. The number of benzene rings is 2. The number of aliphatic hydroxyl groups excluding tert-OH is 1. The van der Waals surface area contributed by atoms with E-state index in [2.05, 4.69) is 5.32 Å². The number of hydrogen-bond donors (Lipinski definition) is 2. The molecule has 4 rings (SSSR count). The predicted molar refractivity (Wildman–Crippen MR) is 105 cm³/mol. The monoisotopic (exact) mass is 386 g/mol. The average molecular weight is 387 g/mol. The molecular formula is C21H23ClN2O3. The number of aliphatic hydroxyl groups is 1. The van der Waals surface area contributed by atoms with Gasteiger partial charge in [-0.25, -0.2) is 0 Å². The average Bonchev–Trinajstić information content (AvgIpc) is 2.62. The topological polar surface area (TPSA) is 61.8 Å². The van der Waals surface area contributed by atoms with Crippen LogP contribution in [0.3, 0.4) is 0 Å². The van der Waals surface area contributed by atoms with Crippen molar-refractivity contribution in [3.05, 3.63) is 58.6 Å². The van der Waals surface area contributed by atoms with Crippen molar-refractivity contribution >= 4 is 23.2 Å². The number of carbonyl (C=O) groups excluding carboxylic acids is 1. The number of amides is 1. The summed E-state index contributed by atoms with van der Waals surface area (Å²) >= 11 is 5.88. The number of carbonyl (C=O) groups is 1. The van der Waals surface area contributed by atoms with Crippen LogP contribution < -0.4 is 10.1 Å². The van der Waals surface area contributed by atoms with Gasteiger partial charge in [0.15, 0.2) is 0 Å². The minimum Gasteiger partial charge on any atom is -0.493 e. The highest BCUT2D eigenvalue weighted by molar-refractivity contribution is 6.30. The molecule has 1 unspecified atom stereocenters. The molecule has 2 aromatic rings. The number of anilines is 1. The summed E-state index contributed by atoms with van der Waals surface area (Å²) in [7, 11) is 0. The maximum atomic E-state index is 12.3. The molecule has 2 aliphatic heterocycles. The minimum atomic E-state index is -0.462. The lowest BCUT2D eigenvalue weighted by Gasteiger charge is -2.39. The van der Waals surface area contributed by atoms with Crippen molar-refractivity contribution in [1.82, 2.24) is 4.90 Å². The van der Waals surface area contributed by atoms with Crippen molar-refractivity contribution < 1.29 is 14.6 Å². The molecule has 5 nitrogen and oxygen atoms in total. The van der Waals surface area contributed by atoms with Gasteiger partial charge in [-0.1, -0.05) is 23.7 Å². The van der Waals surface area contributed by atoms with E-state index < -0.39 is 6.23 Å². The van der Waals surface area contributed by atoms with E-state index in [4.69, 9.17) is 16.3 Å². The van der Waals surface area contributed by atoms with Crippen LogP contribution in [0.1, 0.15) is 17.5 Å². The van der Waals surface area contributed by atoms with Crippen LogP contribution in [0, 0.1) is 5.92 Å². The minimum absolute atomic E-state index is 0.145. The Bertz CT molecular complexity index is 819. The van der Waals surface area contributed by atoms with E-state index in [1.807, 2.05) is 47.4 Å². The molecule has 2 aliphatic rings. The van der Waals surface area contributed by atoms with Crippen molar-refractivity contribution in [1.29, 1.82) is 0 Å². The third-order valence-corrected chi connectivity index (χ3v) is 5.40. The fraction of sp³-hybridized carbons (Fsp3) is 0.381. The molecule has 27 heavy (non-hydrogen) atoms. The molecule has 2 aromatic carbocycles. The maximum Gasteiger partial charge on any atom is 0.227 e. The number of fused-ring (bicyclic) bond motifs is 1. The van der Waals surface area contributed by atoms with Crippen LogP contribution in [-0.4, -0.2) is 41.8 Å². The zero-order chi connectivity index (χ0) is 18.8. The summed E-state index contributed by atoms with van der Waals surface area (Å²) in [5.74, 6) is 1.36. The Kier molecular flexibility index (Phi) is 5.23. The fourth-order valence-electron chi connectivity index (χ4n) is 3.53. The Morgan fingerprint density at radius 3 is 2.78 bits per heavy atom. The summed E-state index contributed by atoms with van der Waals surface area (Å²) in [6.45, 7) is 2.09. The van der Waals surface area contributed by atoms with E-state index in [9.17, 15) is 9.90 Å². The van der Waals surface area contributed by atoms with Crippen LogP contribution in [0.5, 0.6) is 5.75 Å². The number of aryl methyl sites for hydroxylation is 1. The molecule has 0 aliphatic carbocycles. The molecular weight excluding hydrogens is 364 g/mol. The molecule has 142 valence electrons. The van der Waals surface area contributed by atoms with Crippen molar-refractivity contribution in [2.75, 3.05) is 25.0 Å². The second kappa shape index (κ2) is 7.79. The number of halogens is 1. The second-order valence-electron chi connectivity index (χ2n) is 7.30. The highest BCUT2D eigenvalue weighted by atomic mass is 35.5. The Morgan fingerprint density at radius 2 is 2.00 bits per heavy atom. The lowest BCUT2D eigenvalue weighted by Crippen LogP contribution is -2.52. The van der Waals surface area contributed by atoms with Crippen molar-refractivity contribution in [3.63, 3.8) is 0 Å². The van der Waals surface area contributed by atoms with E-state index in [1.165, 1.54) is 5.56 Å². The van der Waals surface area contributed by atoms with Crippen molar-refractivity contribution in [2.24, 2.45) is 5.92 Å². The SMILES string of the molecule is O=C(Cc1ccc(Cl)cc1)N1CC(COc2ccc3c(c2)CCC(O)N3)C1. The van der Waals surface area contributed by atoms with Crippen LogP contribution in [-0.2, 0) is 17.6 Å². The van der Waals surface area contributed by atoms with Crippen LogP contribution in [0.15, 0.2) is 42.5 Å². The fourth-order valence-corrected chi connectivity index (χ4v) is 3.66. The normalized spacial score (nSPS) is 19.0. The number of nitrogens with one attached hydrogen (secondary N) is 1. The summed E-state index contributed by atoms with van der Waals surface area (Å²) in [6.07, 6.45) is 1.51. The largest absolute Gasteiger partial charge is 0.493 e. The Labute approximate surface area is 163 Å². The van der Waals surface area contributed by atoms with Crippen LogP contribution in [0.2, 0.25) is 5.02 Å². The quantitative estimate of drug-likeness (QED) is 0.829. The van der Waals surface area contributed by atoms with Crippen molar-refractivity contribution in [3.8, 4) is 5.75 Å². The molecule has 0 aromatic heterocycles. The van der Waals surface area contributed by atoms with Gasteiger partial charge >= 0.3 is 0 Å². The molecule has 1 atom stereocenters. The van der Waals surface area contributed by atoms with Crippen LogP contribution in [0.4, 0.5) is 5.69 Å². The number of hydrogen-bond acceptors (Lipinski definition) is 4. The Hall–Kier alpha value is -2.24. The first kappa shape index (κ1) is 18.1. The lowest BCUT2D eigenvalue weighted by molar-refractivity contribution is -0.137. The summed E-state index contributed by atoms with van der Waals surface area (Å²) in [4.78, 5) is 14.2. The van der Waals surface area contributed by atoms with Crippen molar-refractivity contribution in [2.45, 2.75) is 25.5 Å². The van der Waals surface area contributed by atoms with Gasteiger partial charge in [-0.15, -0.1) is 0 Å². The smallest absolute Gasteiger partial charge is 0.227 e. The number of ether oxygens (including phenoxy) is 1. The first-order valence-corrected chi connectivity index (χ1v) is 9.67. The summed E-state index contributed by atoms with van der Waals surface area (Å²) < 4.78 is 5.92. The predicted octanol–water partition coefficient (Wildman–Crippen LogP) is 3.10. The number of rotatable bonds is 5. The highest BCUT2D eigenvalue weighted by Gasteiger charge is 2.31. The van der Waals surface area contributed by atoms with Gasteiger partial charge in [0.25, 0.3) is 0 Å². The number of nitrogens with zero attached hydrogens (tertiary/aromatic N) is 1. The molecule has 0 bridgehead atoms. The Morgan fingerprint density at radius 1 is 1.22 bits per heavy atom. The first-order valence-electron chi connectivity index (χ1n) is 9.29. The van der Waals surface area contributed by atoms with Gasteiger partial charge in [0.1, 0.15) is 12.0 Å².